The van der Waals surface area contributed by atoms with E-state index in [-0.39, 0.29) is 20.7 Å². The van der Waals surface area contributed by atoms with Gasteiger partial charge in [0, 0.05) is 23.3 Å². The van der Waals surface area contributed by atoms with Crippen molar-refractivity contribution in [1.29, 1.82) is 0 Å². The van der Waals surface area contributed by atoms with Gasteiger partial charge in [0.15, 0.2) is 9.54 Å². The molecule has 1 saturated heterocycles. The van der Waals surface area contributed by atoms with Crippen LogP contribution in [-0.2, 0) is 6.54 Å². The summed E-state index contributed by atoms with van der Waals surface area (Å²) < 4.78 is 24.4. The summed E-state index contributed by atoms with van der Waals surface area (Å²) in [4.78, 5) is 37.2. The first-order valence-corrected chi connectivity index (χ1v) is 19.2. The largest absolute Gasteiger partial charge is 0.859 e. The second-order valence-electron chi connectivity index (χ2n) is 13.6. The number of aromatic hydroxyl groups is 1. The summed E-state index contributed by atoms with van der Waals surface area (Å²) in [6.07, 6.45) is 0. The Bertz CT molecular complexity index is 2590. The molecule has 1 aliphatic heterocycles. The molecule has 1 atom stereocenters. The lowest BCUT2D eigenvalue weighted by Crippen LogP contribution is -3.13. The van der Waals surface area contributed by atoms with Crippen LogP contribution in [0.2, 0.25) is 0 Å². The van der Waals surface area contributed by atoms with E-state index in [1.165, 1.54) is 28.3 Å². The molecule has 7 rings (SSSR count). The average Bonchev–Trinajstić information content (AvgIpc) is 3.23. The number of hydrogen-bond acceptors (Lipinski definition) is 11. The Kier molecular flexibility index (Phi) is 11.7. The first-order chi connectivity index (χ1) is 28.1. The molecule has 0 aliphatic carbocycles. The summed E-state index contributed by atoms with van der Waals surface area (Å²) in [5, 5.41) is 27.0. The lowest BCUT2D eigenvalue weighted by atomic mass is 9.85. The van der Waals surface area contributed by atoms with Crippen molar-refractivity contribution in [3.63, 3.8) is 0 Å². The summed E-state index contributed by atoms with van der Waals surface area (Å²) in [6.45, 7) is 3.65. The average molecular weight is 823 g/mol. The van der Waals surface area contributed by atoms with Gasteiger partial charge in [-0.15, -0.1) is 0 Å². The second-order valence-corrected chi connectivity index (χ2v) is 14.4. The molecule has 3 heterocycles. The number of methoxy groups -OCH3 is 4. The quantitative estimate of drug-likeness (QED) is 0.132. The van der Waals surface area contributed by atoms with Crippen molar-refractivity contribution in [2.45, 2.75) is 12.5 Å². The summed E-state index contributed by atoms with van der Waals surface area (Å²) >= 11 is 11.1. The molecule has 14 nitrogen and oxygen atoms in total. The zero-order valence-corrected chi connectivity index (χ0v) is 33.9. The number of nitrogens with one attached hydrogen (secondary N) is 3. The number of para-hydroxylation sites is 2. The van der Waals surface area contributed by atoms with Crippen molar-refractivity contribution in [2.75, 3.05) is 59.5 Å². The fourth-order valence-electron chi connectivity index (χ4n) is 7.55. The number of hydrogen-bond donors (Lipinski definition) is 4. The maximum atomic E-state index is 14.8. The molecule has 4 aromatic carbocycles. The van der Waals surface area contributed by atoms with Crippen LogP contribution in [0.15, 0.2) is 101 Å². The highest BCUT2D eigenvalue weighted by molar-refractivity contribution is 7.71. The SMILES string of the molecule is COc1cccc(-n2c([O-])c(C(c3ccc(OC)c(C[NH+]4CCN(c5ccccc5OC)CC4)c3)c3c(O)n(-c4cccc(OC)c4)c(=S)[nH]c3=O)c(=O)[nH]c2=S)c1. The van der Waals surface area contributed by atoms with Crippen molar-refractivity contribution >= 4 is 30.1 Å². The van der Waals surface area contributed by atoms with Crippen LogP contribution < -0.4 is 45.0 Å². The number of quaternary nitrogens is 1. The van der Waals surface area contributed by atoms with E-state index < -0.39 is 28.8 Å². The monoisotopic (exact) mass is 822 g/mol. The molecule has 16 heteroatoms. The van der Waals surface area contributed by atoms with Crippen LogP contribution in [-0.4, -0.2) is 78.8 Å². The number of anilines is 1. The maximum Gasteiger partial charge on any atom is 0.259 e. The fourth-order valence-corrected chi connectivity index (χ4v) is 8.12. The third kappa shape index (κ3) is 7.68. The van der Waals surface area contributed by atoms with E-state index in [0.29, 0.717) is 40.7 Å². The second kappa shape index (κ2) is 17.0. The van der Waals surface area contributed by atoms with Gasteiger partial charge in [0.2, 0.25) is 5.88 Å². The van der Waals surface area contributed by atoms with Crippen LogP contribution >= 0.6 is 24.4 Å². The number of H-pyrrole nitrogens is 2. The van der Waals surface area contributed by atoms with E-state index in [9.17, 15) is 19.8 Å². The highest BCUT2D eigenvalue weighted by Crippen LogP contribution is 2.39. The van der Waals surface area contributed by atoms with Gasteiger partial charge in [-0.05, 0) is 84.4 Å². The molecule has 58 heavy (non-hydrogen) atoms. The van der Waals surface area contributed by atoms with Crippen LogP contribution in [0, 0.1) is 9.54 Å². The number of aromatic amines is 2. The Morgan fingerprint density at radius 2 is 1.31 bits per heavy atom. The predicted molar refractivity (Wildman–Crippen MR) is 222 cm³/mol. The standard InChI is InChI=1S/C42H42N6O8S2/c1-53-29-11-7-9-27(22-29)47-39(51)35(37(49)43-41(47)57)34(36-38(50)44-42(58)48(40(36)52)28-10-8-12-30(23-28)54-2)25-15-16-32(55-3)26(21-25)24-45-17-19-46(20-18-45)31-13-5-6-14-33(31)56-4/h5-16,21-23,34,51-52H,17-20,24H2,1-4H3,(H,43,49,57)(H,44,50,58). The maximum absolute atomic E-state index is 14.8. The zero-order valence-electron chi connectivity index (χ0n) is 32.2. The van der Waals surface area contributed by atoms with Gasteiger partial charge in [-0.3, -0.25) is 24.1 Å². The molecule has 0 spiro atoms. The highest BCUT2D eigenvalue weighted by atomic mass is 32.1. The van der Waals surface area contributed by atoms with Crippen LogP contribution in [0.4, 0.5) is 5.69 Å². The molecule has 4 N–H and O–H groups in total. The molecule has 0 amide bonds. The normalized spacial score (nSPS) is 13.6. The van der Waals surface area contributed by atoms with Crippen molar-refractivity contribution in [2.24, 2.45) is 0 Å². The topological polar surface area (TPSA) is 163 Å². The van der Waals surface area contributed by atoms with Gasteiger partial charge in [0.1, 0.15) is 29.5 Å². The van der Waals surface area contributed by atoms with E-state index in [2.05, 4.69) is 14.9 Å². The van der Waals surface area contributed by atoms with E-state index in [1.54, 1.807) is 74.9 Å². The molecular formula is C42H42N6O8S2. The highest BCUT2D eigenvalue weighted by Gasteiger charge is 2.32. The van der Waals surface area contributed by atoms with Gasteiger partial charge in [-0.1, -0.05) is 30.3 Å². The molecule has 1 aliphatic rings. The van der Waals surface area contributed by atoms with E-state index in [0.717, 1.165) is 43.2 Å². The number of piperazine rings is 1. The summed E-state index contributed by atoms with van der Waals surface area (Å²) in [6, 6.07) is 26.5. The molecule has 6 aromatic rings. The Balaban J connectivity index is 1.40. The minimum absolute atomic E-state index is 0.117. The molecule has 0 saturated carbocycles. The van der Waals surface area contributed by atoms with Crippen molar-refractivity contribution in [1.82, 2.24) is 19.1 Å². The third-order valence-electron chi connectivity index (χ3n) is 10.4. The van der Waals surface area contributed by atoms with Crippen LogP contribution in [0.3, 0.4) is 0 Å². The van der Waals surface area contributed by atoms with Crippen LogP contribution in [0.1, 0.15) is 28.2 Å². The van der Waals surface area contributed by atoms with Gasteiger partial charge < -0.3 is 43.5 Å². The first-order valence-electron chi connectivity index (χ1n) is 18.4. The summed E-state index contributed by atoms with van der Waals surface area (Å²) in [5.41, 5.74) is 0.585. The molecule has 1 unspecified atom stereocenters. The fraction of sp³-hybridized carbons (Fsp3) is 0.238. The molecule has 2 aromatic heterocycles. The van der Waals surface area contributed by atoms with Gasteiger partial charge in [-0.25, -0.2) is 0 Å². The smallest absolute Gasteiger partial charge is 0.259 e. The van der Waals surface area contributed by atoms with Crippen LogP contribution in [0.25, 0.3) is 11.4 Å². The number of benzene rings is 4. The summed E-state index contributed by atoms with van der Waals surface area (Å²) in [7, 11) is 6.22. The lowest BCUT2D eigenvalue weighted by molar-refractivity contribution is -0.914. The number of aromatic nitrogens is 4. The Morgan fingerprint density at radius 1 is 0.724 bits per heavy atom. The first kappa shape index (κ1) is 39.9. The molecular weight excluding hydrogens is 781 g/mol. The minimum Gasteiger partial charge on any atom is -0.859 e. The Hall–Kier alpha value is -6.36. The third-order valence-corrected chi connectivity index (χ3v) is 11.0. The van der Waals surface area contributed by atoms with Crippen molar-refractivity contribution < 1.29 is 34.1 Å². The molecule has 300 valence electrons. The summed E-state index contributed by atoms with van der Waals surface area (Å²) in [5.74, 6) is -0.492. The lowest BCUT2D eigenvalue weighted by Gasteiger charge is -2.34. The number of nitrogens with zero attached hydrogens (tertiary/aromatic N) is 3. The Labute approximate surface area is 343 Å². The minimum atomic E-state index is -1.43. The van der Waals surface area contributed by atoms with E-state index in [1.807, 2.05) is 30.3 Å². The predicted octanol–water partition coefficient (Wildman–Crippen LogP) is 4.00. The van der Waals surface area contributed by atoms with Crippen LogP contribution in [0.5, 0.6) is 34.8 Å². The van der Waals surface area contributed by atoms with Crippen molar-refractivity contribution in [3.05, 3.63) is 143 Å². The zero-order chi connectivity index (χ0) is 41.1. The van der Waals surface area contributed by atoms with E-state index >= 15 is 0 Å². The van der Waals surface area contributed by atoms with Crippen molar-refractivity contribution in [3.8, 4) is 46.1 Å². The van der Waals surface area contributed by atoms with Gasteiger partial charge in [0.25, 0.3) is 11.1 Å². The number of rotatable bonds is 12. The van der Waals surface area contributed by atoms with Gasteiger partial charge >= 0.3 is 0 Å². The Morgan fingerprint density at radius 3 is 1.93 bits per heavy atom. The van der Waals surface area contributed by atoms with Gasteiger partial charge in [0.05, 0.1) is 83.2 Å². The molecule has 0 radical (unpaired) electrons. The molecule has 0 bridgehead atoms. The number of ether oxygens (including phenoxy) is 4. The van der Waals surface area contributed by atoms with E-state index in [4.69, 9.17) is 43.4 Å². The van der Waals surface area contributed by atoms with Gasteiger partial charge in [-0.2, -0.15) is 0 Å². The molecule has 1 fully saturated rings.